The number of nitrogens with one attached hydrogen (secondary N) is 1. The van der Waals surface area contributed by atoms with E-state index >= 15 is 0 Å². The number of amides is 2. The molecule has 2 aliphatic rings. The van der Waals surface area contributed by atoms with Crippen molar-refractivity contribution in [3.05, 3.63) is 23.8 Å². The summed E-state index contributed by atoms with van der Waals surface area (Å²) in [7, 11) is -0.743. The summed E-state index contributed by atoms with van der Waals surface area (Å²) < 4.78 is 27.1. The smallest absolute Gasteiger partial charge is 0.243 e. The number of hydrogen-bond donors (Lipinski definition) is 1. The van der Waals surface area contributed by atoms with Gasteiger partial charge in [-0.25, -0.2) is 8.42 Å². The van der Waals surface area contributed by atoms with E-state index in [4.69, 9.17) is 0 Å². The molecule has 1 aromatic rings. The van der Waals surface area contributed by atoms with Gasteiger partial charge in [-0.2, -0.15) is 4.31 Å². The molecule has 1 aliphatic heterocycles. The molecule has 1 N–H and O–H groups in total. The lowest BCUT2D eigenvalue weighted by Crippen LogP contribution is -2.42. The van der Waals surface area contributed by atoms with E-state index in [0.717, 1.165) is 30.0 Å². The Bertz CT molecular complexity index is 903. The molecule has 0 radical (unpaired) electrons. The third kappa shape index (κ3) is 4.19. The average Bonchev–Trinajstić information content (AvgIpc) is 2.86. The fraction of sp³-hybridized carbons (Fsp3) is 0.619. The van der Waals surface area contributed by atoms with Crippen molar-refractivity contribution in [2.45, 2.75) is 68.7 Å². The molecule has 0 aromatic heterocycles. The van der Waals surface area contributed by atoms with E-state index in [9.17, 15) is 18.0 Å². The van der Waals surface area contributed by atoms with Crippen molar-refractivity contribution in [1.29, 1.82) is 0 Å². The molecule has 0 atom stereocenters. The Morgan fingerprint density at radius 2 is 1.83 bits per heavy atom. The Kier molecular flexibility index (Phi) is 6.06. The van der Waals surface area contributed by atoms with E-state index in [1.165, 1.54) is 26.0 Å². The van der Waals surface area contributed by atoms with Crippen molar-refractivity contribution in [2.75, 3.05) is 25.5 Å². The van der Waals surface area contributed by atoms with Crippen LogP contribution in [0.5, 0.6) is 0 Å². The number of hydrogen-bond acceptors (Lipinski definition) is 4. The second-order valence-corrected chi connectivity index (χ2v) is 10.7. The molecule has 2 amide bonds. The fourth-order valence-corrected chi connectivity index (χ4v) is 5.43. The maximum absolute atomic E-state index is 13.0. The van der Waals surface area contributed by atoms with Gasteiger partial charge in [0.15, 0.2) is 0 Å². The van der Waals surface area contributed by atoms with E-state index in [1.807, 2.05) is 0 Å². The molecule has 7 nitrogen and oxygen atoms in total. The van der Waals surface area contributed by atoms with Gasteiger partial charge in [0.05, 0.1) is 16.9 Å². The molecule has 0 spiro atoms. The van der Waals surface area contributed by atoms with Crippen LogP contribution in [0.4, 0.5) is 5.69 Å². The van der Waals surface area contributed by atoms with Gasteiger partial charge >= 0.3 is 0 Å². The normalized spacial score (nSPS) is 19.9. The Morgan fingerprint density at radius 3 is 2.45 bits per heavy atom. The molecule has 0 bridgehead atoms. The summed E-state index contributed by atoms with van der Waals surface area (Å²) in [6.07, 6.45) is 6.46. The molecule has 1 fully saturated rings. The SMILES string of the molecule is CN1C(=O)C(C)(C)c2cc(S(=O)(=O)N(C)CC(=O)NC3CCCCCC3)ccc21. The van der Waals surface area contributed by atoms with Crippen molar-refractivity contribution >= 4 is 27.5 Å². The summed E-state index contributed by atoms with van der Waals surface area (Å²) in [5.74, 6) is -0.349. The predicted octanol–water partition coefficient (Wildman–Crippen LogP) is 2.40. The van der Waals surface area contributed by atoms with Crippen LogP contribution in [-0.4, -0.2) is 51.2 Å². The quantitative estimate of drug-likeness (QED) is 0.740. The predicted molar refractivity (Wildman–Crippen MR) is 112 cm³/mol. The van der Waals surface area contributed by atoms with Crippen LogP contribution in [0.3, 0.4) is 0 Å². The molecular formula is C21H31N3O4S. The first kappa shape index (κ1) is 21.8. The second kappa shape index (κ2) is 8.07. The van der Waals surface area contributed by atoms with Crippen LogP contribution in [0.1, 0.15) is 57.9 Å². The van der Waals surface area contributed by atoms with Crippen LogP contribution in [0.25, 0.3) is 0 Å². The Balaban J connectivity index is 1.74. The van der Waals surface area contributed by atoms with Gasteiger partial charge in [-0.15, -0.1) is 0 Å². The number of carbonyl (C=O) groups excluding carboxylic acids is 2. The van der Waals surface area contributed by atoms with Crippen molar-refractivity contribution in [1.82, 2.24) is 9.62 Å². The molecule has 8 heteroatoms. The lowest BCUT2D eigenvalue weighted by molar-refractivity contribution is -0.122. The highest BCUT2D eigenvalue weighted by atomic mass is 32.2. The lowest BCUT2D eigenvalue weighted by Gasteiger charge is -2.21. The average molecular weight is 422 g/mol. The summed E-state index contributed by atoms with van der Waals surface area (Å²) in [5.41, 5.74) is 0.612. The minimum atomic E-state index is -3.85. The largest absolute Gasteiger partial charge is 0.352 e. The summed E-state index contributed by atoms with van der Waals surface area (Å²) in [6.45, 7) is 3.36. The van der Waals surface area contributed by atoms with E-state index in [2.05, 4.69) is 5.32 Å². The maximum atomic E-state index is 13.0. The van der Waals surface area contributed by atoms with Gasteiger partial charge in [0.2, 0.25) is 21.8 Å². The molecule has 3 rings (SSSR count). The van der Waals surface area contributed by atoms with Crippen LogP contribution < -0.4 is 10.2 Å². The van der Waals surface area contributed by atoms with Crippen molar-refractivity contribution in [2.24, 2.45) is 0 Å². The first-order valence-corrected chi connectivity index (χ1v) is 11.7. The molecule has 0 saturated heterocycles. The molecule has 1 saturated carbocycles. The monoisotopic (exact) mass is 421 g/mol. The first-order valence-electron chi connectivity index (χ1n) is 10.2. The van der Waals surface area contributed by atoms with Crippen molar-refractivity contribution in [3.63, 3.8) is 0 Å². The highest BCUT2D eigenvalue weighted by Gasteiger charge is 2.43. The zero-order valence-electron chi connectivity index (χ0n) is 17.7. The highest BCUT2D eigenvalue weighted by molar-refractivity contribution is 7.89. The topological polar surface area (TPSA) is 86.8 Å². The van der Waals surface area contributed by atoms with Gasteiger partial charge in [-0.3, -0.25) is 9.59 Å². The number of sulfonamides is 1. The van der Waals surface area contributed by atoms with Crippen LogP contribution in [0, 0.1) is 0 Å². The number of fused-ring (bicyclic) bond motifs is 1. The Morgan fingerprint density at radius 1 is 1.21 bits per heavy atom. The third-order valence-electron chi connectivity index (χ3n) is 6.14. The van der Waals surface area contributed by atoms with Gasteiger partial charge in [-0.1, -0.05) is 25.7 Å². The van der Waals surface area contributed by atoms with Crippen LogP contribution in [0.15, 0.2) is 23.1 Å². The van der Waals surface area contributed by atoms with Crippen molar-refractivity contribution in [3.8, 4) is 0 Å². The second-order valence-electron chi connectivity index (χ2n) is 8.69. The minimum Gasteiger partial charge on any atom is -0.352 e. The molecule has 160 valence electrons. The van der Waals surface area contributed by atoms with Crippen LogP contribution >= 0.6 is 0 Å². The number of nitrogens with zero attached hydrogens (tertiary/aromatic N) is 2. The van der Waals surface area contributed by atoms with Crippen LogP contribution in [-0.2, 0) is 25.0 Å². The number of benzene rings is 1. The minimum absolute atomic E-state index is 0.0711. The van der Waals surface area contributed by atoms with Gasteiger partial charge in [-0.05, 0) is 50.5 Å². The molecule has 1 heterocycles. The van der Waals surface area contributed by atoms with Crippen molar-refractivity contribution < 1.29 is 18.0 Å². The number of rotatable bonds is 5. The summed E-state index contributed by atoms with van der Waals surface area (Å²) >= 11 is 0. The number of carbonyl (C=O) groups is 2. The van der Waals surface area contributed by atoms with Crippen LogP contribution in [0.2, 0.25) is 0 Å². The summed E-state index contributed by atoms with van der Waals surface area (Å²) in [6, 6.07) is 4.85. The zero-order chi connectivity index (χ0) is 21.4. The Labute approximate surface area is 173 Å². The summed E-state index contributed by atoms with van der Waals surface area (Å²) in [4.78, 5) is 26.5. The number of anilines is 1. The highest BCUT2D eigenvalue weighted by Crippen LogP contribution is 2.41. The van der Waals surface area contributed by atoms with E-state index in [1.54, 1.807) is 37.9 Å². The Hall–Kier alpha value is -1.93. The first-order chi connectivity index (χ1) is 13.5. The van der Waals surface area contributed by atoms with Gasteiger partial charge < -0.3 is 10.2 Å². The zero-order valence-corrected chi connectivity index (χ0v) is 18.5. The van der Waals surface area contributed by atoms with Gasteiger partial charge in [0, 0.05) is 25.8 Å². The summed E-state index contributed by atoms with van der Waals surface area (Å²) in [5, 5.41) is 2.98. The molecule has 0 unspecified atom stereocenters. The standard InChI is InChI=1S/C21H31N3O4S/c1-21(2)17-13-16(11-12-18(17)24(4)20(21)26)29(27,28)23(3)14-19(25)22-15-9-7-5-6-8-10-15/h11-13,15H,5-10,14H2,1-4H3,(H,22,25). The van der Waals surface area contributed by atoms with E-state index in [-0.39, 0.29) is 29.3 Å². The maximum Gasteiger partial charge on any atom is 0.243 e. The van der Waals surface area contributed by atoms with Gasteiger partial charge in [0.25, 0.3) is 0 Å². The fourth-order valence-electron chi connectivity index (χ4n) is 4.28. The molecule has 1 aromatic carbocycles. The van der Waals surface area contributed by atoms with E-state index < -0.39 is 15.4 Å². The van der Waals surface area contributed by atoms with E-state index in [0.29, 0.717) is 11.3 Å². The third-order valence-corrected chi connectivity index (χ3v) is 7.94. The van der Waals surface area contributed by atoms with Gasteiger partial charge in [0.1, 0.15) is 0 Å². The molecule has 1 aliphatic carbocycles. The molecular weight excluding hydrogens is 390 g/mol. The molecule has 29 heavy (non-hydrogen) atoms. The number of likely N-dealkylation sites (N-methyl/N-ethyl adjacent to an activating group) is 2. The lowest BCUT2D eigenvalue weighted by atomic mass is 9.86.